The maximum atomic E-state index is 13.6. The standard InChI is InChI=1S/C18H17FN4OS/c1-2-16-21-22-18(23(16)13-8-4-3-5-9-13)25-12-17(24)20-15-11-7-6-10-14(15)19/h3-11H,2,12H2,1H3,(H,20,24). The van der Waals surface area contributed by atoms with Crippen molar-refractivity contribution in [3.05, 3.63) is 66.2 Å². The number of aromatic nitrogens is 3. The largest absolute Gasteiger partial charge is 0.323 e. The molecule has 0 aliphatic carbocycles. The highest BCUT2D eigenvalue weighted by molar-refractivity contribution is 7.99. The monoisotopic (exact) mass is 356 g/mol. The highest BCUT2D eigenvalue weighted by atomic mass is 32.2. The number of benzene rings is 2. The summed E-state index contributed by atoms with van der Waals surface area (Å²) in [5, 5.41) is 11.6. The van der Waals surface area contributed by atoms with Crippen LogP contribution in [0.15, 0.2) is 59.8 Å². The molecule has 0 saturated heterocycles. The van der Waals surface area contributed by atoms with E-state index >= 15 is 0 Å². The zero-order valence-electron chi connectivity index (χ0n) is 13.6. The summed E-state index contributed by atoms with van der Waals surface area (Å²) >= 11 is 1.27. The minimum Gasteiger partial charge on any atom is -0.323 e. The summed E-state index contributed by atoms with van der Waals surface area (Å²) in [6.45, 7) is 2.00. The Hall–Kier alpha value is -2.67. The molecule has 1 N–H and O–H groups in total. The summed E-state index contributed by atoms with van der Waals surface area (Å²) in [7, 11) is 0. The van der Waals surface area contributed by atoms with Gasteiger partial charge in [0.1, 0.15) is 11.6 Å². The Morgan fingerprint density at radius 2 is 1.84 bits per heavy atom. The van der Waals surface area contributed by atoms with E-state index in [1.165, 1.54) is 23.9 Å². The van der Waals surface area contributed by atoms with Gasteiger partial charge in [0.25, 0.3) is 0 Å². The smallest absolute Gasteiger partial charge is 0.234 e. The lowest BCUT2D eigenvalue weighted by atomic mass is 10.3. The van der Waals surface area contributed by atoms with E-state index in [0.29, 0.717) is 5.16 Å². The van der Waals surface area contributed by atoms with Gasteiger partial charge in [-0.25, -0.2) is 4.39 Å². The first kappa shape index (κ1) is 17.2. The Kier molecular flexibility index (Phi) is 5.45. The van der Waals surface area contributed by atoms with Gasteiger partial charge in [-0.1, -0.05) is 49.0 Å². The third kappa shape index (κ3) is 4.06. The van der Waals surface area contributed by atoms with Crippen LogP contribution in [0.2, 0.25) is 0 Å². The fraction of sp³-hybridized carbons (Fsp3) is 0.167. The average Bonchev–Trinajstić information content (AvgIpc) is 3.05. The molecular weight excluding hydrogens is 339 g/mol. The van der Waals surface area contributed by atoms with Crippen LogP contribution in [-0.2, 0) is 11.2 Å². The molecule has 128 valence electrons. The van der Waals surface area contributed by atoms with Crippen molar-refractivity contribution in [2.45, 2.75) is 18.5 Å². The molecule has 5 nitrogen and oxygen atoms in total. The number of nitrogens with zero attached hydrogens (tertiary/aromatic N) is 3. The van der Waals surface area contributed by atoms with Gasteiger partial charge in [0.15, 0.2) is 5.16 Å². The first-order chi connectivity index (χ1) is 12.2. The molecular formula is C18H17FN4OS. The van der Waals surface area contributed by atoms with Crippen molar-refractivity contribution < 1.29 is 9.18 Å². The van der Waals surface area contributed by atoms with Gasteiger partial charge in [0, 0.05) is 12.1 Å². The van der Waals surface area contributed by atoms with Gasteiger partial charge in [0.05, 0.1) is 11.4 Å². The number of hydrogen-bond donors (Lipinski definition) is 1. The topological polar surface area (TPSA) is 59.8 Å². The molecule has 0 aliphatic rings. The number of hydrogen-bond acceptors (Lipinski definition) is 4. The number of carbonyl (C=O) groups excluding carboxylic acids is 1. The summed E-state index contributed by atoms with van der Waals surface area (Å²) in [4.78, 5) is 12.1. The molecule has 25 heavy (non-hydrogen) atoms. The van der Waals surface area contributed by atoms with Crippen LogP contribution < -0.4 is 5.32 Å². The van der Waals surface area contributed by atoms with E-state index < -0.39 is 5.82 Å². The Morgan fingerprint density at radius 3 is 2.56 bits per heavy atom. The van der Waals surface area contributed by atoms with E-state index in [-0.39, 0.29) is 17.3 Å². The van der Waals surface area contributed by atoms with Gasteiger partial charge in [0.2, 0.25) is 5.91 Å². The molecule has 3 aromatic rings. The van der Waals surface area contributed by atoms with Crippen LogP contribution in [0.1, 0.15) is 12.7 Å². The lowest BCUT2D eigenvalue weighted by Crippen LogP contribution is -2.15. The number of halogens is 1. The number of aryl methyl sites for hydroxylation is 1. The molecule has 0 saturated carbocycles. The van der Waals surface area contributed by atoms with E-state index in [1.807, 2.05) is 41.8 Å². The van der Waals surface area contributed by atoms with E-state index in [9.17, 15) is 9.18 Å². The van der Waals surface area contributed by atoms with Crippen molar-refractivity contribution in [2.24, 2.45) is 0 Å². The second kappa shape index (κ2) is 7.94. The first-order valence-electron chi connectivity index (χ1n) is 7.86. The van der Waals surface area contributed by atoms with Gasteiger partial charge >= 0.3 is 0 Å². The number of para-hydroxylation sites is 2. The van der Waals surface area contributed by atoms with Crippen molar-refractivity contribution in [3.8, 4) is 5.69 Å². The number of carbonyl (C=O) groups is 1. The van der Waals surface area contributed by atoms with Crippen molar-refractivity contribution in [1.82, 2.24) is 14.8 Å². The number of anilines is 1. The highest BCUT2D eigenvalue weighted by Gasteiger charge is 2.15. The Balaban J connectivity index is 1.72. The summed E-state index contributed by atoms with van der Waals surface area (Å²) in [6.07, 6.45) is 0.726. The molecule has 0 bridgehead atoms. The van der Waals surface area contributed by atoms with Crippen LogP contribution in [0.3, 0.4) is 0 Å². The number of amides is 1. The predicted molar refractivity (Wildman–Crippen MR) is 96.5 cm³/mol. The van der Waals surface area contributed by atoms with Gasteiger partial charge in [-0.15, -0.1) is 10.2 Å². The fourth-order valence-electron chi connectivity index (χ4n) is 2.34. The van der Waals surface area contributed by atoms with Crippen molar-refractivity contribution in [3.63, 3.8) is 0 Å². The Morgan fingerprint density at radius 1 is 1.12 bits per heavy atom. The van der Waals surface area contributed by atoms with Crippen LogP contribution in [0.25, 0.3) is 5.69 Å². The lowest BCUT2D eigenvalue weighted by molar-refractivity contribution is -0.113. The number of nitrogens with one attached hydrogen (secondary N) is 1. The molecule has 0 spiro atoms. The number of thioether (sulfide) groups is 1. The normalized spacial score (nSPS) is 10.6. The van der Waals surface area contributed by atoms with Crippen LogP contribution in [-0.4, -0.2) is 26.4 Å². The number of rotatable bonds is 6. The Bertz CT molecular complexity index is 867. The summed E-state index contributed by atoms with van der Waals surface area (Å²) in [6, 6.07) is 15.8. The van der Waals surface area contributed by atoms with E-state index in [1.54, 1.807) is 12.1 Å². The Labute approximate surface area is 149 Å². The quantitative estimate of drug-likeness (QED) is 0.684. The van der Waals surface area contributed by atoms with E-state index in [0.717, 1.165) is 17.9 Å². The van der Waals surface area contributed by atoms with Crippen LogP contribution >= 0.6 is 11.8 Å². The molecule has 1 heterocycles. The molecule has 0 atom stereocenters. The average molecular weight is 356 g/mol. The summed E-state index contributed by atoms with van der Waals surface area (Å²) in [5.74, 6) is 0.184. The van der Waals surface area contributed by atoms with Gasteiger partial charge < -0.3 is 5.32 Å². The summed E-state index contributed by atoms with van der Waals surface area (Å²) in [5.41, 5.74) is 1.12. The van der Waals surface area contributed by atoms with E-state index in [2.05, 4.69) is 15.5 Å². The van der Waals surface area contributed by atoms with Gasteiger partial charge in [-0.2, -0.15) is 0 Å². The molecule has 0 unspecified atom stereocenters. The third-order valence-electron chi connectivity index (χ3n) is 3.51. The molecule has 0 radical (unpaired) electrons. The van der Waals surface area contributed by atoms with Crippen LogP contribution in [0, 0.1) is 5.82 Å². The van der Waals surface area contributed by atoms with Gasteiger partial charge in [-0.3, -0.25) is 9.36 Å². The van der Waals surface area contributed by atoms with Crippen LogP contribution in [0.5, 0.6) is 0 Å². The minimum atomic E-state index is -0.457. The molecule has 0 fully saturated rings. The van der Waals surface area contributed by atoms with Crippen molar-refractivity contribution in [2.75, 3.05) is 11.1 Å². The van der Waals surface area contributed by atoms with Crippen LogP contribution in [0.4, 0.5) is 10.1 Å². The maximum Gasteiger partial charge on any atom is 0.234 e. The second-order valence-corrected chi connectivity index (χ2v) is 6.18. The minimum absolute atomic E-state index is 0.114. The zero-order valence-corrected chi connectivity index (χ0v) is 14.5. The third-order valence-corrected chi connectivity index (χ3v) is 4.44. The summed E-state index contributed by atoms with van der Waals surface area (Å²) < 4.78 is 15.5. The fourth-order valence-corrected chi connectivity index (χ4v) is 3.11. The highest BCUT2D eigenvalue weighted by Crippen LogP contribution is 2.22. The first-order valence-corrected chi connectivity index (χ1v) is 8.84. The molecule has 7 heteroatoms. The maximum absolute atomic E-state index is 13.6. The van der Waals surface area contributed by atoms with E-state index in [4.69, 9.17) is 0 Å². The molecule has 3 rings (SSSR count). The zero-order chi connectivity index (χ0) is 17.6. The van der Waals surface area contributed by atoms with Gasteiger partial charge in [-0.05, 0) is 24.3 Å². The van der Waals surface area contributed by atoms with Crippen molar-refractivity contribution >= 4 is 23.4 Å². The lowest BCUT2D eigenvalue weighted by Gasteiger charge is -2.09. The molecule has 2 aromatic carbocycles. The second-order valence-electron chi connectivity index (χ2n) is 5.24. The van der Waals surface area contributed by atoms with Crippen molar-refractivity contribution in [1.29, 1.82) is 0 Å². The molecule has 1 amide bonds. The molecule has 0 aliphatic heterocycles. The predicted octanol–water partition coefficient (Wildman–Crippen LogP) is 3.70. The molecule has 1 aromatic heterocycles. The SMILES string of the molecule is CCc1nnc(SCC(=O)Nc2ccccc2F)n1-c1ccccc1.